The number of hydrogen-bond donors (Lipinski definition) is 0. The van der Waals surface area contributed by atoms with Crippen LogP contribution in [0.25, 0.3) is 0 Å². The Balaban J connectivity index is 1.55. The molecule has 1 aromatic rings. The first-order valence-corrected chi connectivity index (χ1v) is 8.32. The molecule has 3 amide bonds. The first-order valence-electron chi connectivity index (χ1n) is 7.94. The maximum Gasteiger partial charge on any atom is 0.268 e. The van der Waals surface area contributed by atoms with Gasteiger partial charge in [-0.15, -0.1) is 0 Å². The third kappa shape index (κ3) is 1.59. The number of benzene rings is 1. The smallest absolute Gasteiger partial charge is 0.268 e. The molecule has 1 heterocycles. The number of allylic oxidation sites excluding steroid dienone is 2. The van der Waals surface area contributed by atoms with Gasteiger partial charge in [-0.1, -0.05) is 35.9 Å². The third-order valence-electron chi connectivity index (χ3n) is 5.97. The van der Waals surface area contributed by atoms with Gasteiger partial charge in [0.15, 0.2) is 0 Å². The van der Waals surface area contributed by atoms with Crippen molar-refractivity contribution < 1.29 is 14.4 Å². The lowest BCUT2D eigenvalue weighted by Crippen LogP contribution is -2.40. The summed E-state index contributed by atoms with van der Waals surface area (Å²) in [5, 5.41) is 0.261. The zero-order valence-corrected chi connectivity index (χ0v) is 12.9. The molecule has 1 saturated heterocycles. The third-order valence-corrected chi connectivity index (χ3v) is 6.30. The van der Waals surface area contributed by atoms with Crippen molar-refractivity contribution in [3.8, 4) is 0 Å². The minimum atomic E-state index is -0.590. The van der Waals surface area contributed by atoms with E-state index in [0.29, 0.717) is 11.8 Å². The summed E-state index contributed by atoms with van der Waals surface area (Å²) in [6.45, 7) is 0. The monoisotopic (exact) mass is 327 g/mol. The molecule has 0 aromatic heterocycles. The average Bonchev–Trinajstić information content (AvgIpc) is 3.32. The van der Waals surface area contributed by atoms with Gasteiger partial charge in [-0.2, -0.15) is 0 Å². The first-order chi connectivity index (χ1) is 11.1. The van der Waals surface area contributed by atoms with Crippen molar-refractivity contribution >= 4 is 29.3 Å². The van der Waals surface area contributed by atoms with Gasteiger partial charge in [-0.3, -0.25) is 14.4 Å². The Morgan fingerprint density at radius 3 is 2.13 bits per heavy atom. The fraction of sp³-hybridized carbons (Fsp3) is 0.389. The number of halogens is 1. The van der Waals surface area contributed by atoms with Crippen LogP contribution in [0.5, 0.6) is 0 Å². The van der Waals surface area contributed by atoms with E-state index in [0.717, 1.165) is 11.3 Å². The molecule has 1 aromatic carbocycles. The van der Waals surface area contributed by atoms with Crippen LogP contribution < -0.4 is 0 Å². The Morgan fingerprint density at radius 2 is 1.57 bits per heavy atom. The van der Waals surface area contributed by atoms with Gasteiger partial charge in [0.25, 0.3) is 5.91 Å². The van der Waals surface area contributed by atoms with Gasteiger partial charge < -0.3 is 0 Å². The number of carbonyl (C=O) groups excluding carboxylic acids is 3. The quantitative estimate of drug-likeness (QED) is 0.588. The Morgan fingerprint density at radius 1 is 1.00 bits per heavy atom. The normalized spacial score (nSPS) is 39.4. The lowest BCUT2D eigenvalue weighted by atomic mass is 9.63. The van der Waals surface area contributed by atoms with Crippen LogP contribution in [0.2, 0.25) is 5.02 Å². The van der Waals surface area contributed by atoms with E-state index in [1.165, 1.54) is 0 Å². The van der Waals surface area contributed by atoms with Crippen molar-refractivity contribution in [3.05, 3.63) is 47.0 Å². The molecule has 116 valence electrons. The van der Waals surface area contributed by atoms with Crippen molar-refractivity contribution in [2.75, 3.05) is 0 Å². The fourth-order valence-corrected chi connectivity index (χ4v) is 5.13. The Labute approximate surface area is 138 Å². The molecular weight excluding hydrogens is 314 g/mol. The second-order valence-electron chi connectivity index (χ2n) is 6.95. The predicted molar refractivity (Wildman–Crippen MR) is 82.3 cm³/mol. The lowest BCUT2D eigenvalue weighted by molar-refractivity contribution is -0.136. The summed E-state index contributed by atoms with van der Waals surface area (Å²) in [4.78, 5) is 39.3. The minimum absolute atomic E-state index is 0.121. The molecular formula is C18H14ClNO3. The zero-order valence-electron chi connectivity index (χ0n) is 12.2. The van der Waals surface area contributed by atoms with Crippen molar-refractivity contribution in [2.45, 2.75) is 6.42 Å². The number of carbonyl (C=O) groups is 3. The molecule has 0 spiro atoms. The van der Waals surface area contributed by atoms with E-state index in [4.69, 9.17) is 11.6 Å². The highest BCUT2D eigenvalue weighted by atomic mass is 35.5. The number of hydrogen-bond acceptors (Lipinski definition) is 3. The van der Waals surface area contributed by atoms with Crippen molar-refractivity contribution in [1.29, 1.82) is 0 Å². The Hall–Kier alpha value is -1.94. The zero-order chi connectivity index (χ0) is 15.9. The molecule has 3 fully saturated rings. The van der Waals surface area contributed by atoms with E-state index in [-0.39, 0.29) is 46.1 Å². The van der Waals surface area contributed by atoms with E-state index in [2.05, 4.69) is 12.2 Å². The van der Waals surface area contributed by atoms with Gasteiger partial charge in [-0.25, -0.2) is 4.90 Å². The number of likely N-dealkylation sites (tertiary alicyclic amines) is 1. The molecule has 2 saturated carbocycles. The van der Waals surface area contributed by atoms with Crippen molar-refractivity contribution in [1.82, 2.24) is 4.90 Å². The van der Waals surface area contributed by atoms with E-state index in [1.54, 1.807) is 24.3 Å². The molecule has 23 heavy (non-hydrogen) atoms. The van der Waals surface area contributed by atoms with Gasteiger partial charge in [0.1, 0.15) is 0 Å². The van der Waals surface area contributed by atoms with Crippen molar-refractivity contribution in [2.24, 2.45) is 35.5 Å². The van der Waals surface area contributed by atoms with Crippen LogP contribution >= 0.6 is 11.6 Å². The summed E-state index contributed by atoms with van der Waals surface area (Å²) in [7, 11) is 0. The van der Waals surface area contributed by atoms with E-state index >= 15 is 0 Å². The van der Waals surface area contributed by atoms with Crippen LogP contribution in [0.4, 0.5) is 0 Å². The highest BCUT2D eigenvalue weighted by molar-refractivity contribution is 6.35. The van der Waals surface area contributed by atoms with Crippen LogP contribution in [0.15, 0.2) is 36.4 Å². The van der Waals surface area contributed by atoms with Crippen LogP contribution in [-0.2, 0) is 9.59 Å². The molecule has 6 rings (SSSR count). The van der Waals surface area contributed by atoms with Crippen molar-refractivity contribution in [3.63, 3.8) is 0 Å². The number of rotatable bonds is 1. The minimum Gasteiger partial charge on any atom is -0.274 e. The predicted octanol–water partition coefficient (Wildman–Crippen LogP) is 2.53. The van der Waals surface area contributed by atoms with Gasteiger partial charge in [-0.05, 0) is 42.2 Å². The molecule has 5 aliphatic rings. The van der Waals surface area contributed by atoms with Gasteiger partial charge in [0.2, 0.25) is 11.8 Å². The molecule has 0 radical (unpaired) electrons. The Kier molecular flexibility index (Phi) is 2.54. The topological polar surface area (TPSA) is 54.5 Å². The number of nitrogens with zero attached hydrogens (tertiary/aromatic N) is 1. The first kappa shape index (κ1) is 13.5. The standard InChI is InChI=1S/C18H14ClNO3/c19-13-4-2-1-3-10(13)16(21)20-17(22)14-8-5-6-9(12-7-11(8)12)15(14)18(20)23/h1-6,8-9,11-12,14-15H,7H2/t8-,9-,11-,12+,14+,15+/m0/s1. The summed E-state index contributed by atoms with van der Waals surface area (Å²) in [5.74, 6) is -0.680. The molecule has 1 aliphatic heterocycles. The molecule has 5 heteroatoms. The van der Waals surface area contributed by atoms with Crippen LogP contribution in [-0.4, -0.2) is 22.6 Å². The van der Waals surface area contributed by atoms with E-state index in [9.17, 15) is 14.4 Å². The summed E-state index contributed by atoms with van der Waals surface area (Å²) in [6, 6.07) is 6.53. The largest absolute Gasteiger partial charge is 0.274 e. The molecule has 4 aliphatic carbocycles. The Bertz CT molecular complexity index is 765. The van der Waals surface area contributed by atoms with Gasteiger partial charge in [0.05, 0.1) is 22.4 Å². The molecule has 6 atom stereocenters. The molecule has 0 unspecified atom stereocenters. The summed E-state index contributed by atoms with van der Waals surface area (Å²) in [6.07, 6.45) is 5.29. The summed E-state index contributed by atoms with van der Waals surface area (Å²) in [5.41, 5.74) is 0.208. The lowest BCUT2D eigenvalue weighted by Gasteiger charge is -2.37. The SMILES string of the molecule is O=C(c1ccccc1Cl)N1C(=O)[C@@H]2[C@H]3C=C[C@@H]([C@@H]4C[C@H]34)[C@H]2C1=O. The number of imide groups is 3. The van der Waals surface area contributed by atoms with E-state index in [1.807, 2.05) is 0 Å². The maximum atomic E-state index is 12.8. The van der Waals surface area contributed by atoms with Crippen LogP contribution in [0, 0.1) is 35.5 Å². The molecule has 4 nitrogen and oxygen atoms in total. The second kappa shape index (κ2) is 4.32. The molecule has 0 N–H and O–H groups in total. The van der Waals surface area contributed by atoms with Crippen LogP contribution in [0.3, 0.4) is 0 Å². The highest BCUT2D eigenvalue weighted by Gasteiger charge is 2.67. The van der Waals surface area contributed by atoms with Gasteiger partial charge in [0, 0.05) is 0 Å². The molecule has 2 bridgehead atoms. The van der Waals surface area contributed by atoms with Gasteiger partial charge >= 0.3 is 0 Å². The summed E-state index contributed by atoms with van der Waals surface area (Å²) < 4.78 is 0. The maximum absolute atomic E-state index is 12.8. The highest BCUT2D eigenvalue weighted by Crippen LogP contribution is 2.65. The van der Waals surface area contributed by atoms with E-state index < -0.39 is 5.91 Å². The second-order valence-corrected chi connectivity index (χ2v) is 7.36. The van der Waals surface area contributed by atoms with Crippen LogP contribution in [0.1, 0.15) is 16.8 Å². The average molecular weight is 328 g/mol. The summed E-state index contributed by atoms with van der Waals surface area (Å²) >= 11 is 6.06. The number of amides is 3. The fourth-order valence-electron chi connectivity index (χ4n) is 4.91.